The maximum absolute atomic E-state index is 12.0. The van der Waals surface area contributed by atoms with E-state index in [-0.39, 0.29) is 16.6 Å². The molecule has 0 radical (unpaired) electrons. The summed E-state index contributed by atoms with van der Waals surface area (Å²) >= 11 is 1.92. The molecule has 2 nitrogen and oxygen atoms in total. The summed E-state index contributed by atoms with van der Waals surface area (Å²) in [6.07, 6.45) is 4.60. The molecule has 0 fully saturated rings. The van der Waals surface area contributed by atoms with Crippen molar-refractivity contribution in [1.29, 1.82) is 0 Å². The summed E-state index contributed by atoms with van der Waals surface area (Å²) in [4.78, 5) is 3.23. The SMILES string of the molecule is CCS(=O)(=O)c1ccc(/C=C(\C)c2cc3c(s2)C(C)(C)CCC3(C)C)cc1. The molecule has 2 aromatic rings. The quantitative estimate of drug-likeness (QED) is 0.589. The summed E-state index contributed by atoms with van der Waals surface area (Å²) in [5, 5.41) is 0. The van der Waals surface area contributed by atoms with E-state index in [2.05, 4.69) is 46.8 Å². The highest BCUT2D eigenvalue weighted by Crippen LogP contribution is 2.50. The van der Waals surface area contributed by atoms with Crippen LogP contribution in [0.5, 0.6) is 0 Å². The topological polar surface area (TPSA) is 34.1 Å². The van der Waals surface area contributed by atoms with E-state index in [1.165, 1.54) is 33.7 Å². The summed E-state index contributed by atoms with van der Waals surface area (Å²) in [6.45, 7) is 13.2. The number of fused-ring (bicyclic) bond motifs is 1. The third-order valence-corrected chi connectivity index (χ3v) is 9.23. The van der Waals surface area contributed by atoms with Crippen molar-refractivity contribution in [1.82, 2.24) is 0 Å². The number of allylic oxidation sites excluding steroid dienone is 1. The fourth-order valence-corrected chi connectivity index (χ4v) is 6.05. The molecule has 27 heavy (non-hydrogen) atoms. The number of hydrogen-bond donors (Lipinski definition) is 0. The van der Waals surface area contributed by atoms with Gasteiger partial charge < -0.3 is 0 Å². The molecule has 0 amide bonds. The minimum atomic E-state index is -3.14. The van der Waals surface area contributed by atoms with Gasteiger partial charge in [-0.3, -0.25) is 0 Å². The van der Waals surface area contributed by atoms with Crippen LogP contribution in [0.4, 0.5) is 0 Å². The van der Waals surface area contributed by atoms with Crippen molar-refractivity contribution in [3.8, 4) is 0 Å². The maximum Gasteiger partial charge on any atom is 0.178 e. The smallest absolute Gasteiger partial charge is 0.178 e. The summed E-state index contributed by atoms with van der Waals surface area (Å²) in [5.74, 6) is 0.132. The van der Waals surface area contributed by atoms with Crippen LogP contribution in [0.3, 0.4) is 0 Å². The van der Waals surface area contributed by atoms with Crippen LogP contribution in [-0.4, -0.2) is 14.2 Å². The van der Waals surface area contributed by atoms with Crippen LogP contribution in [0, 0.1) is 0 Å². The standard InChI is InChI=1S/C23H30O2S2/c1-7-27(24,25)18-10-8-17(9-11-18)14-16(2)20-15-19-21(26-20)23(5,6)13-12-22(19,3)4/h8-11,14-15H,7,12-13H2,1-6H3/b16-14+. The molecule has 1 aliphatic carbocycles. The lowest BCUT2D eigenvalue weighted by molar-refractivity contribution is 0.339. The lowest BCUT2D eigenvalue weighted by Crippen LogP contribution is -2.31. The highest BCUT2D eigenvalue weighted by atomic mass is 32.2. The highest BCUT2D eigenvalue weighted by molar-refractivity contribution is 7.91. The zero-order chi connectivity index (χ0) is 20.0. The van der Waals surface area contributed by atoms with Gasteiger partial charge in [0.15, 0.2) is 9.84 Å². The van der Waals surface area contributed by atoms with Gasteiger partial charge in [0.25, 0.3) is 0 Å². The first-order valence-electron chi connectivity index (χ1n) is 9.62. The molecule has 4 heteroatoms. The summed E-state index contributed by atoms with van der Waals surface area (Å²) in [6, 6.07) is 9.59. The lowest BCUT2D eigenvalue weighted by Gasteiger charge is -2.39. The van der Waals surface area contributed by atoms with E-state index >= 15 is 0 Å². The number of benzene rings is 1. The van der Waals surface area contributed by atoms with E-state index in [0.29, 0.717) is 4.90 Å². The third kappa shape index (κ3) is 3.93. The Hall–Kier alpha value is -1.39. The largest absolute Gasteiger partial charge is 0.224 e. The molecule has 1 aliphatic rings. The van der Waals surface area contributed by atoms with Crippen molar-refractivity contribution in [2.24, 2.45) is 0 Å². The zero-order valence-corrected chi connectivity index (χ0v) is 18.9. The Labute approximate surface area is 168 Å². The molecular formula is C23H30O2S2. The van der Waals surface area contributed by atoms with Crippen LogP contribution in [-0.2, 0) is 20.7 Å². The first-order chi connectivity index (χ1) is 12.5. The molecule has 0 N–H and O–H groups in total. The van der Waals surface area contributed by atoms with Gasteiger partial charge in [-0.2, -0.15) is 0 Å². The number of hydrogen-bond acceptors (Lipinski definition) is 3. The van der Waals surface area contributed by atoms with Gasteiger partial charge >= 0.3 is 0 Å². The fraction of sp³-hybridized carbons (Fsp3) is 0.478. The molecule has 0 aliphatic heterocycles. The first-order valence-corrected chi connectivity index (χ1v) is 12.1. The summed E-state index contributed by atoms with van der Waals surface area (Å²) in [7, 11) is -3.14. The van der Waals surface area contributed by atoms with Crippen LogP contribution < -0.4 is 0 Å². The lowest BCUT2D eigenvalue weighted by atomic mass is 9.67. The van der Waals surface area contributed by atoms with E-state index in [1.54, 1.807) is 19.1 Å². The van der Waals surface area contributed by atoms with Crippen molar-refractivity contribution in [2.45, 2.75) is 70.1 Å². The van der Waals surface area contributed by atoms with Gasteiger partial charge in [-0.05, 0) is 65.5 Å². The molecule has 0 bridgehead atoms. The van der Waals surface area contributed by atoms with Crippen LogP contribution in [0.2, 0.25) is 0 Å². The van der Waals surface area contributed by atoms with Gasteiger partial charge in [0.2, 0.25) is 0 Å². The molecule has 146 valence electrons. The monoisotopic (exact) mass is 402 g/mol. The van der Waals surface area contributed by atoms with Crippen LogP contribution in [0.25, 0.3) is 11.6 Å². The van der Waals surface area contributed by atoms with Gasteiger partial charge in [0.05, 0.1) is 10.6 Å². The maximum atomic E-state index is 12.0. The van der Waals surface area contributed by atoms with Gasteiger partial charge in [0, 0.05) is 9.75 Å². The van der Waals surface area contributed by atoms with E-state index < -0.39 is 9.84 Å². The predicted octanol–water partition coefficient (Wildman–Crippen LogP) is 6.45. The van der Waals surface area contributed by atoms with Gasteiger partial charge in [-0.25, -0.2) is 8.42 Å². The van der Waals surface area contributed by atoms with Gasteiger partial charge in [-0.15, -0.1) is 11.3 Å². The van der Waals surface area contributed by atoms with Gasteiger partial charge in [-0.1, -0.05) is 52.8 Å². The van der Waals surface area contributed by atoms with E-state index in [0.717, 1.165) is 5.56 Å². The zero-order valence-electron chi connectivity index (χ0n) is 17.2. The molecule has 3 rings (SSSR count). The second-order valence-electron chi connectivity index (χ2n) is 8.92. The minimum absolute atomic E-state index is 0.132. The molecular weight excluding hydrogens is 372 g/mol. The van der Waals surface area contributed by atoms with Crippen molar-refractivity contribution >= 4 is 32.8 Å². The molecule has 1 aromatic carbocycles. The average Bonchev–Trinajstić information content (AvgIpc) is 3.08. The van der Waals surface area contributed by atoms with E-state index in [4.69, 9.17) is 0 Å². The normalized spacial score (nSPS) is 19.0. The second kappa shape index (κ2) is 6.89. The second-order valence-corrected chi connectivity index (χ2v) is 12.3. The highest BCUT2D eigenvalue weighted by Gasteiger charge is 2.38. The Morgan fingerprint density at radius 1 is 1.07 bits per heavy atom. The summed E-state index contributed by atoms with van der Waals surface area (Å²) in [5.41, 5.74) is 4.23. The molecule has 0 atom stereocenters. The Morgan fingerprint density at radius 2 is 1.67 bits per heavy atom. The molecule has 0 saturated carbocycles. The number of rotatable bonds is 4. The molecule has 0 saturated heterocycles. The van der Waals surface area contributed by atoms with Crippen molar-refractivity contribution in [3.05, 3.63) is 51.2 Å². The Morgan fingerprint density at radius 3 is 2.22 bits per heavy atom. The fourth-order valence-electron chi connectivity index (χ4n) is 3.72. The molecule has 1 aromatic heterocycles. The molecule has 0 unspecified atom stereocenters. The molecule has 0 spiro atoms. The number of thiophene rings is 1. The van der Waals surface area contributed by atoms with Gasteiger partial charge in [0.1, 0.15) is 0 Å². The first kappa shape index (κ1) is 20.3. The van der Waals surface area contributed by atoms with E-state index in [9.17, 15) is 8.42 Å². The summed E-state index contributed by atoms with van der Waals surface area (Å²) < 4.78 is 24.0. The van der Waals surface area contributed by atoms with Crippen molar-refractivity contribution in [2.75, 3.05) is 5.75 Å². The minimum Gasteiger partial charge on any atom is -0.224 e. The number of sulfone groups is 1. The third-order valence-electron chi connectivity index (χ3n) is 5.84. The van der Waals surface area contributed by atoms with Crippen molar-refractivity contribution in [3.63, 3.8) is 0 Å². The Kier molecular flexibility index (Phi) is 5.19. The average molecular weight is 403 g/mol. The van der Waals surface area contributed by atoms with Crippen molar-refractivity contribution < 1.29 is 8.42 Å². The van der Waals surface area contributed by atoms with E-state index in [1.807, 2.05) is 23.5 Å². The van der Waals surface area contributed by atoms with Crippen LogP contribution in [0.1, 0.15) is 75.3 Å². The Bertz CT molecular complexity index is 938. The Balaban J connectivity index is 1.95. The molecule has 1 heterocycles. The van der Waals surface area contributed by atoms with Crippen LogP contribution >= 0.6 is 11.3 Å². The predicted molar refractivity (Wildman–Crippen MR) is 117 cm³/mol. The van der Waals surface area contributed by atoms with Crippen LogP contribution in [0.15, 0.2) is 35.2 Å².